The zero-order chi connectivity index (χ0) is 12.9. The summed E-state index contributed by atoms with van der Waals surface area (Å²) in [4.78, 5) is 0. The van der Waals surface area contributed by atoms with Gasteiger partial charge in [-0.3, -0.25) is 0 Å². The SMILES string of the molecule is C1CCCCCC2CC3OC(O2)OC3CCCCC1. The predicted octanol–water partition coefficient (Wildman–Crippen LogP) is 4.15. The average Bonchev–Trinajstić information content (AvgIpc) is 2.69. The second kappa shape index (κ2) is 7.05. The van der Waals surface area contributed by atoms with Crippen LogP contribution in [0.4, 0.5) is 0 Å². The highest BCUT2D eigenvalue weighted by molar-refractivity contribution is 4.83. The van der Waals surface area contributed by atoms with Crippen LogP contribution in [0.2, 0.25) is 0 Å². The molecule has 0 aromatic heterocycles. The van der Waals surface area contributed by atoms with Crippen LogP contribution in [-0.2, 0) is 14.2 Å². The van der Waals surface area contributed by atoms with Crippen LogP contribution in [0, 0.1) is 0 Å². The van der Waals surface area contributed by atoms with Gasteiger partial charge in [0.15, 0.2) is 0 Å². The molecule has 0 spiro atoms. The molecule has 3 aliphatic rings. The lowest BCUT2D eigenvalue weighted by atomic mass is 9.98. The monoisotopic (exact) mass is 268 g/mol. The summed E-state index contributed by atoms with van der Waals surface area (Å²) in [6.45, 7) is -0.360. The van der Waals surface area contributed by atoms with Crippen molar-refractivity contribution in [3.05, 3.63) is 0 Å². The summed E-state index contributed by atoms with van der Waals surface area (Å²) in [5.41, 5.74) is 0. The van der Waals surface area contributed by atoms with E-state index in [0.29, 0.717) is 18.3 Å². The van der Waals surface area contributed by atoms with Gasteiger partial charge in [0.2, 0.25) is 0 Å². The Kier molecular flexibility index (Phi) is 5.14. The number of hydrogen-bond donors (Lipinski definition) is 0. The van der Waals surface area contributed by atoms with Crippen molar-refractivity contribution >= 4 is 0 Å². The topological polar surface area (TPSA) is 27.7 Å². The largest absolute Gasteiger partial charge is 0.326 e. The van der Waals surface area contributed by atoms with Gasteiger partial charge >= 0.3 is 0 Å². The third-order valence-electron chi connectivity index (χ3n) is 4.80. The maximum atomic E-state index is 5.87. The molecule has 3 fully saturated rings. The van der Waals surface area contributed by atoms with Crippen molar-refractivity contribution in [3.63, 3.8) is 0 Å². The van der Waals surface area contributed by atoms with E-state index < -0.39 is 0 Å². The lowest BCUT2D eigenvalue weighted by Crippen LogP contribution is -2.33. The van der Waals surface area contributed by atoms with Gasteiger partial charge in [0.25, 0.3) is 6.48 Å². The number of ether oxygens (including phenoxy) is 3. The van der Waals surface area contributed by atoms with Gasteiger partial charge in [-0.25, -0.2) is 0 Å². The molecule has 0 aromatic carbocycles. The van der Waals surface area contributed by atoms with Gasteiger partial charge in [0.1, 0.15) is 0 Å². The van der Waals surface area contributed by atoms with Gasteiger partial charge in [0.05, 0.1) is 18.3 Å². The fourth-order valence-corrected chi connectivity index (χ4v) is 3.63. The highest BCUT2D eigenvalue weighted by Gasteiger charge is 2.43. The molecule has 0 aromatic rings. The van der Waals surface area contributed by atoms with Crippen molar-refractivity contribution in [3.8, 4) is 0 Å². The summed E-state index contributed by atoms with van der Waals surface area (Å²) in [5.74, 6) is 0. The molecule has 3 heteroatoms. The lowest BCUT2D eigenvalue weighted by Gasteiger charge is -2.27. The molecule has 2 aliphatic heterocycles. The second-order valence-corrected chi connectivity index (χ2v) is 6.39. The standard InChI is InChI=1S/C16H28O3/c1-2-4-6-8-10-13-12-15-14(11-9-7-5-3-1)18-16(17-13)19-15/h13-16H,1-12H2. The maximum absolute atomic E-state index is 5.87. The summed E-state index contributed by atoms with van der Waals surface area (Å²) < 4.78 is 17.5. The quantitative estimate of drug-likeness (QED) is 0.660. The smallest absolute Gasteiger partial charge is 0.272 e. The third kappa shape index (κ3) is 3.93. The molecule has 110 valence electrons. The molecule has 19 heavy (non-hydrogen) atoms. The average molecular weight is 268 g/mol. The molecule has 1 saturated carbocycles. The van der Waals surface area contributed by atoms with E-state index >= 15 is 0 Å². The normalized spacial score (nSPS) is 41.7. The van der Waals surface area contributed by atoms with E-state index in [9.17, 15) is 0 Å². The van der Waals surface area contributed by atoms with Crippen molar-refractivity contribution in [2.45, 2.75) is 102 Å². The molecule has 0 N–H and O–H groups in total. The molecule has 3 nitrogen and oxygen atoms in total. The summed E-state index contributed by atoms with van der Waals surface area (Å²) in [6.07, 6.45) is 16.7. The highest BCUT2D eigenvalue weighted by Crippen LogP contribution is 2.35. The Bertz CT molecular complexity index is 267. The number of hydrogen-bond acceptors (Lipinski definition) is 3. The van der Waals surface area contributed by atoms with E-state index in [-0.39, 0.29) is 6.48 Å². The lowest BCUT2D eigenvalue weighted by molar-refractivity contribution is -0.287. The minimum absolute atomic E-state index is 0.292. The van der Waals surface area contributed by atoms with E-state index in [4.69, 9.17) is 14.2 Å². The minimum atomic E-state index is -0.360. The Morgan fingerprint density at radius 3 is 1.84 bits per heavy atom. The van der Waals surface area contributed by atoms with Crippen LogP contribution < -0.4 is 0 Å². The highest BCUT2D eigenvalue weighted by atomic mass is 16.9. The van der Waals surface area contributed by atoms with Crippen LogP contribution in [0.15, 0.2) is 0 Å². The van der Waals surface area contributed by atoms with E-state index in [0.717, 1.165) is 12.8 Å². The molecule has 1 aliphatic carbocycles. The first-order valence-electron chi connectivity index (χ1n) is 8.38. The third-order valence-corrected chi connectivity index (χ3v) is 4.80. The molecule has 0 radical (unpaired) electrons. The van der Waals surface area contributed by atoms with E-state index in [1.807, 2.05) is 0 Å². The van der Waals surface area contributed by atoms with E-state index in [1.165, 1.54) is 64.2 Å². The Labute approximate surface area is 117 Å². The van der Waals surface area contributed by atoms with Gasteiger partial charge in [-0.15, -0.1) is 0 Å². The first-order chi connectivity index (χ1) is 9.42. The zero-order valence-corrected chi connectivity index (χ0v) is 12.0. The van der Waals surface area contributed by atoms with Gasteiger partial charge in [-0.1, -0.05) is 57.8 Å². The fraction of sp³-hybridized carbons (Fsp3) is 1.00. The first kappa shape index (κ1) is 13.8. The van der Waals surface area contributed by atoms with Crippen molar-refractivity contribution in [1.29, 1.82) is 0 Å². The van der Waals surface area contributed by atoms with Gasteiger partial charge < -0.3 is 14.2 Å². The Balaban J connectivity index is 1.53. The Morgan fingerprint density at radius 2 is 1.11 bits per heavy atom. The van der Waals surface area contributed by atoms with Gasteiger partial charge in [-0.2, -0.15) is 0 Å². The van der Waals surface area contributed by atoms with Crippen LogP contribution in [0.3, 0.4) is 0 Å². The van der Waals surface area contributed by atoms with Crippen LogP contribution in [0.5, 0.6) is 0 Å². The predicted molar refractivity (Wildman–Crippen MR) is 73.8 cm³/mol. The Hall–Kier alpha value is -0.120. The van der Waals surface area contributed by atoms with E-state index in [2.05, 4.69) is 0 Å². The molecule has 2 saturated heterocycles. The van der Waals surface area contributed by atoms with Crippen LogP contribution in [-0.4, -0.2) is 24.8 Å². The molecule has 4 unspecified atom stereocenters. The molecular formula is C16H28O3. The number of fused-ring (bicyclic) bond motifs is 2. The first-order valence-corrected chi connectivity index (χ1v) is 8.38. The summed E-state index contributed by atoms with van der Waals surface area (Å²) in [6, 6.07) is 0. The molecule has 0 amide bonds. The fourth-order valence-electron chi connectivity index (χ4n) is 3.63. The number of rotatable bonds is 0. The van der Waals surface area contributed by atoms with Crippen LogP contribution in [0.25, 0.3) is 0 Å². The molecular weight excluding hydrogens is 240 g/mol. The zero-order valence-electron chi connectivity index (χ0n) is 12.0. The van der Waals surface area contributed by atoms with Crippen molar-refractivity contribution in [1.82, 2.24) is 0 Å². The van der Waals surface area contributed by atoms with E-state index in [1.54, 1.807) is 0 Å². The van der Waals surface area contributed by atoms with Gasteiger partial charge in [0, 0.05) is 6.42 Å². The molecule has 3 bridgehead atoms. The molecule has 3 rings (SSSR count). The summed E-state index contributed by atoms with van der Waals surface area (Å²) in [5, 5.41) is 0. The maximum Gasteiger partial charge on any atom is 0.272 e. The second-order valence-electron chi connectivity index (χ2n) is 6.39. The Morgan fingerprint density at radius 1 is 0.526 bits per heavy atom. The van der Waals surface area contributed by atoms with Crippen molar-refractivity contribution in [2.24, 2.45) is 0 Å². The van der Waals surface area contributed by atoms with Crippen LogP contribution >= 0.6 is 0 Å². The van der Waals surface area contributed by atoms with Gasteiger partial charge in [-0.05, 0) is 12.8 Å². The summed E-state index contributed by atoms with van der Waals surface area (Å²) in [7, 11) is 0. The molecule has 4 atom stereocenters. The minimum Gasteiger partial charge on any atom is -0.326 e. The molecule has 2 heterocycles. The van der Waals surface area contributed by atoms with Crippen LogP contribution in [0.1, 0.15) is 77.0 Å². The van der Waals surface area contributed by atoms with Crippen molar-refractivity contribution < 1.29 is 14.2 Å². The summed E-state index contributed by atoms with van der Waals surface area (Å²) >= 11 is 0. The van der Waals surface area contributed by atoms with Crippen molar-refractivity contribution in [2.75, 3.05) is 0 Å².